The van der Waals surface area contributed by atoms with Gasteiger partial charge in [0.25, 0.3) is 0 Å². The van der Waals surface area contributed by atoms with Crippen molar-refractivity contribution in [2.75, 3.05) is 44.6 Å². The van der Waals surface area contributed by atoms with E-state index in [0.717, 1.165) is 25.2 Å². The van der Waals surface area contributed by atoms with Crippen LogP contribution in [-0.2, 0) is 4.79 Å². The van der Waals surface area contributed by atoms with Gasteiger partial charge in [-0.1, -0.05) is 11.6 Å². The molecule has 0 saturated carbocycles. The van der Waals surface area contributed by atoms with Gasteiger partial charge in [0, 0.05) is 30.9 Å². The minimum atomic E-state index is -0.176. The molecule has 1 fully saturated rings. The van der Waals surface area contributed by atoms with Crippen LogP contribution in [0.25, 0.3) is 0 Å². The van der Waals surface area contributed by atoms with Crippen LogP contribution in [0.4, 0.5) is 11.5 Å². The van der Waals surface area contributed by atoms with E-state index in [-0.39, 0.29) is 11.8 Å². The molecule has 0 radical (unpaired) electrons. The molecule has 8 nitrogen and oxygen atoms in total. The molecule has 0 aliphatic carbocycles. The van der Waals surface area contributed by atoms with Crippen LogP contribution in [0.1, 0.15) is 12.8 Å². The summed E-state index contributed by atoms with van der Waals surface area (Å²) < 4.78 is 16.0. The van der Waals surface area contributed by atoms with E-state index < -0.39 is 0 Å². The molecule has 2 heterocycles. The van der Waals surface area contributed by atoms with E-state index >= 15 is 0 Å². The fourth-order valence-corrected chi connectivity index (χ4v) is 3.38. The average molecular weight is 407 g/mol. The predicted octanol–water partition coefficient (Wildman–Crippen LogP) is 3.01. The molecule has 2 aromatic rings. The molecule has 1 aliphatic heterocycles. The number of carbonyl (C=O) groups excluding carboxylic acids is 1. The number of halogens is 1. The first kappa shape index (κ1) is 20.0. The number of amides is 1. The van der Waals surface area contributed by atoms with Crippen molar-refractivity contribution in [1.82, 2.24) is 10.2 Å². The second-order valence-electron chi connectivity index (χ2n) is 6.40. The molecule has 1 saturated heterocycles. The number of rotatable bonds is 6. The van der Waals surface area contributed by atoms with Gasteiger partial charge in [-0.25, -0.2) is 0 Å². The van der Waals surface area contributed by atoms with Crippen LogP contribution in [0.3, 0.4) is 0 Å². The summed E-state index contributed by atoms with van der Waals surface area (Å²) in [7, 11) is 4.61. The number of nitrogens with one attached hydrogen (secondary N) is 1. The molecule has 28 heavy (non-hydrogen) atoms. The lowest BCUT2D eigenvalue weighted by Gasteiger charge is -2.32. The van der Waals surface area contributed by atoms with Gasteiger partial charge in [0.15, 0.2) is 22.5 Å². The molecule has 0 bridgehead atoms. The van der Waals surface area contributed by atoms with Gasteiger partial charge in [-0.2, -0.15) is 0 Å². The van der Waals surface area contributed by atoms with Crippen LogP contribution >= 0.6 is 11.6 Å². The van der Waals surface area contributed by atoms with Gasteiger partial charge < -0.3 is 24.4 Å². The Bertz CT molecular complexity index is 806. The van der Waals surface area contributed by atoms with E-state index in [1.54, 1.807) is 18.2 Å². The van der Waals surface area contributed by atoms with Gasteiger partial charge >= 0.3 is 0 Å². The Morgan fingerprint density at radius 2 is 1.86 bits per heavy atom. The number of benzene rings is 1. The van der Waals surface area contributed by atoms with Crippen molar-refractivity contribution in [3.8, 4) is 17.2 Å². The van der Waals surface area contributed by atoms with Crippen molar-refractivity contribution < 1.29 is 19.0 Å². The van der Waals surface area contributed by atoms with Crippen molar-refractivity contribution in [2.45, 2.75) is 12.8 Å². The summed E-state index contributed by atoms with van der Waals surface area (Å²) in [5.74, 6) is 1.92. The number of aromatic nitrogens is 2. The maximum Gasteiger partial charge on any atom is 0.229 e. The number of nitrogens with zero attached hydrogens (tertiary/aromatic N) is 3. The van der Waals surface area contributed by atoms with Gasteiger partial charge in [-0.3, -0.25) is 4.79 Å². The molecule has 150 valence electrons. The zero-order valence-electron chi connectivity index (χ0n) is 16.1. The number of piperidine rings is 1. The van der Waals surface area contributed by atoms with E-state index in [4.69, 9.17) is 25.8 Å². The molecular weight excluding hydrogens is 384 g/mol. The van der Waals surface area contributed by atoms with Gasteiger partial charge in [0.1, 0.15) is 0 Å². The van der Waals surface area contributed by atoms with Crippen LogP contribution in [0, 0.1) is 5.92 Å². The second-order valence-corrected chi connectivity index (χ2v) is 6.79. The van der Waals surface area contributed by atoms with Crippen molar-refractivity contribution in [3.05, 3.63) is 29.4 Å². The highest BCUT2D eigenvalue weighted by molar-refractivity contribution is 6.29. The maximum atomic E-state index is 12.8. The standard InChI is InChI=1S/C19H23ClN4O4/c1-26-14-9-13(10-15(27-2)18(14)28-3)21-19(25)12-5-4-8-24(11-12)17-7-6-16(20)22-23-17/h6-7,9-10,12H,4-5,8,11H2,1-3H3,(H,21,25)/t12-/m1/s1. The molecule has 1 atom stereocenters. The molecule has 0 spiro atoms. The van der Waals surface area contributed by atoms with Crippen LogP contribution in [0.5, 0.6) is 17.2 Å². The fraction of sp³-hybridized carbons (Fsp3) is 0.421. The lowest BCUT2D eigenvalue weighted by molar-refractivity contribution is -0.120. The summed E-state index contributed by atoms with van der Waals surface area (Å²) >= 11 is 5.81. The molecule has 1 N–H and O–H groups in total. The quantitative estimate of drug-likeness (QED) is 0.789. The van der Waals surface area contributed by atoms with E-state index in [1.165, 1.54) is 21.3 Å². The van der Waals surface area contributed by atoms with Gasteiger partial charge in [-0.05, 0) is 25.0 Å². The SMILES string of the molecule is COc1cc(NC(=O)[C@@H]2CCCN(c3ccc(Cl)nn3)C2)cc(OC)c1OC. The van der Waals surface area contributed by atoms with Gasteiger partial charge in [0.2, 0.25) is 11.7 Å². The van der Waals surface area contributed by atoms with Crippen molar-refractivity contribution in [2.24, 2.45) is 5.92 Å². The van der Waals surface area contributed by atoms with E-state index in [0.29, 0.717) is 34.6 Å². The minimum Gasteiger partial charge on any atom is -0.493 e. The average Bonchev–Trinajstić information content (AvgIpc) is 2.73. The third kappa shape index (κ3) is 4.39. The zero-order chi connectivity index (χ0) is 20.1. The number of anilines is 2. The summed E-state index contributed by atoms with van der Waals surface area (Å²) in [5, 5.41) is 11.3. The third-order valence-corrected chi connectivity index (χ3v) is 4.87. The molecule has 1 aromatic heterocycles. The second kappa shape index (κ2) is 8.97. The first-order valence-electron chi connectivity index (χ1n) is 8.90. The summed E-state index contributed by atoms with van der Waals surface area (Å²) in [6.45, 7) is 1.39. The molecule has 0 unspecified atom stereocenters. The summed E-state index contributed by atoms with van der Waals surface area (Å²) in [5.41, 5.74) is 0.586. The van der Waals surface area contributed by atoms with Crippen LogP contribution in [-0.4, -0.2) is 50.5 Å². The lowest BCUT2D eigenvalue weighted by atomic mass is 9.97. The molecular formula is C19H23ClN4O4. The maximum absolute atomic E-state index is 12.8. The first-order valence-corrected chi connectivity index (χ1v) is 9.28. The number of ether oxygens (including phenoxy) is 3. The van der Waals surface area contributed by atoms with Crippen LogP contribution < -0.4 is 24.4 Å². The Labute approximate surface area is 168 Å². The molecule has 1 aromatic carbocycles. The summed E-state index contributed by atoms with van der Waals surface area (Å²) in [6, 6.07) is 6.94. The fourth-order valence-electron chi connectivity index (χ4n) is 3.27. The number of methoxy groups -OCH3 is 3. The number of hydrogen-bond acceptors (Lipinski definition) is 7. The number of hydrogen-bond donors (Lipinski definition) is 1. The number of carbonyl (C=O) groups is 1. The molecule has 1 aliphatic rings. The smallest absolute Gasteiger partial charge is 0.229 e. The van der Waals surface area contributed by atoms with Crippen molar-refractivity contribution in [3.63, 3.8) is 0 Å². The Balaban J connectivity index is 1.72. The minimum absolute atomic E-state index is 0.0686. The van der Waals surface area contributed by atoms with Crippen LogP contribution in [0.15, 0.2) is 24.3 Å². The Hall–Kier alpha value is -2.74. The molecule has 3 rings (SSSR count). The van der Waals surface area contributed by atoms with Gasteiger partial charge in [-0.15, -0.1) is 10.2 Å². The lowest BCUT2D eigenvalue weighted by Crippen LogP contribution is -2.41. The Kier molecular flexibility index (Phi) is 6.41. The monoisotopic (exact) mass is 406 g/mol. The topological polar surface area (TPSA) is 85.8 Å². The van der Waals surface area contributed by atoms with Crippen molar-refractivity contribution in [1.29, 1.82) is 0 Å². The zero-order valence-corrected chi connectivity index (χ0v) is 16.8. The third-order valence-electron chi connectivity index (χ3n) is 4.67. The van der Waals surface area contributed by atoms with Gasteiger partial charge in [0.05, 0.1) is 27.2 Å². The highest BCUT2D eigenvalue weighted by atomic mass is 35.5. The van der Waals surface area contributed by atoms with E-state index in [2.05, 4.69) is 15.5 Å². The molecule has 9 heteroatoms. The Morgan fingerprint density at radius 1 is 1.14 bits per heavy atom. The van der Waals surface area contributed by atoms with Crippen LogP contribution in [0.2, 0.25) is 5.15 Å². The molecule has 1 amide bonds. The highest BCUT2D eigenvalue weighted by Crippen LogP contribution is 2.40. The van der Waals surface area contributed by atoms with Crippen molar-refractivity contribution >= 4 is 29.0 Å². The highest BCUT2D eigenvalue weighted by Gasteiger charge is 2.27. The largest absolute Gasteiger partial charge is 0.493 e. The summed E-state index contributed by atoms with van der Waals surface area (Å²) in [4.78, 5) is 14.9. The Morgan fingerprint density at radius 3 is 2.43 bits per heavy atom. The first-order chi connectivity index (χ1) is 13.5. The van der Waals surface area contributed by atoms with E-state index in [9.17, 15) is 4.79 Å². The van der Waals surface area contributed by atoms with E-state index in [1.807, 2.05) is 11.0 Å². The summed E-state index contributed by atoms with van der Waals surface area (Å²) in [6.07, 6.45) is 1.69. The predicted molar refractivity (Wildman–Crippen MR) is 107 cm³/mol. The normalized spacial score (nSPS) is 16.4.